The summed E-state index contributed by atoms with van der Waals surface area (Å²) in [5.74, 6) is -1.20. The molecule has 100 valence electrons. The van der Waals surface area contributed by atoms with Crippen LogP contribution >= 0.6 is 22.6 Å². The maximum atomic E-state index is 12.1. The Morgan fingerprint density at radius 1 is 1.50 bits per heavy atom. The van der Waals surface area contributed by atoms with Crippen molar-refractivity contribution in [2.24, 2.45) is 0 Å². The summed E-state index contributed by atoms with van der Waals surface area (Å²) in [6.45, 7) is 3.19. The lowest BCUT2D eigenvalue weighted by Crippen LogP contribution is -2.19. The van der Waals surface area contributed by atoms with Gasteiger partial charge in [0.2, 0.25) is 5.88 Å². The van der Waals surface area contributed by atoms with Crippen LogP contribution in [-0.4, -0.2) is 23.9 Å². The van der Waals surface area contributed by atoms with E-state index in [0.29, 0.717) is 3.57 Å². The van der Waals surface area contributed by atoms with Crippen molar-refractivity contribution in [3.05, 3.63) is 20.9 Å². The van der Waals surface area contributed by atoms with Gasteiger partial charge in [0.1, 0.15) is 0 Å². The van der Waals surface area contributed by atoms with Gasteiger partial charge in [-0.2, -0.15) is 0 Å². The van der Waals surface area contributed by atoms with Crippen molar-refractivity contribution in [1.29, 1.82) is 0 Å². The summed E-state index contributed by atoms with van der Waals surface area (Å²) in [5.41, 5.74) is 0.253. The zero-order chi connectivity index (χ0) is 13.9. The molecular formula is C10H9F3INO3. The van der Waals surface area contributed by atoms with Crippen LogP contribution in [0.5, 0.6) is 5.88 Å². The van der Waals surface area contributed by atoms with Gasteiger partial charge in [0.15, 0.2) is 0 Å². The normalized spacial score (nSPS) is 11.2. The largest absolute Gasteiger partial charge is 0.574 e. The first-order chi connectivity index (χ1) is 8.26. The Labute approximate surface area is 115 Å². The highest BCUT2D eigenvalue weighted by molar-refractivity contribution is 14.1. The fourth-order valence-corrected chi connectivity index (χ4v) is 1.73. The van der Waals surface area contributed by atoms with Crippen LogP contribution in [0.25, 0.3) is 0 Å². The lowest BCUT2D eigenvalue weighted by atomic mass is 10.2. The number of alkyl halides is 3. The summed E-state index contributed by atoms with van der Waals surface area (Å²) in [5, 5.41) is 0. The molecule has 0 aliphatic rings. The number of nitrogens with zero attached hydrogens (tertiary/aromatic N) is 1. The summed E-state index contributed by atoms with van der Waals surface area (Å²) >= 11 is 1.75. The van der Waals surface area contributed by atoms with Gasteiger partial charge >= 0.3 is 12.3 Å². The van der Waals surface area contributed by atoms with Crippen LogP contribution in [0.1, 0.15) is 22.8 Å². The summed E-state index contributed by atoms with van der Waals surface area (Å²) in [6, 6.07) is 0. The molecule has 1 aromatic heterocycles. The van der Waals surface area contributed by atoms with Gasteiger partial charge in [-0.1, -0.05) is 0 Å². The molecule has 0 bridgehead atoms. The van der Waals surface area contributed by atoms with Crippen LogP contribution in [0.4, 0.5) is 13.2 Å². The molecule has 18 heavy (non-hydrogen) atoms. The predicted molar refractivity (Wildman–Crippen MR) is 64.3 cm³/mol. The monoisotopic (exact) mass is 375 g/mol. The second kappa shape index (κ2) is 5.72. The van der Waals surface area contributed by atoms with Crippen molar-refractivity contribution >= 4 is 28.6 Å². The predicted octanol–water partition coefficient (Wildman–Crippen LogP) is 3.07. The SMILES string of the molecule is CCOC(=O)c1cnc(OC(F)(F)F)c(C)c1I. The molecule has 0 aliphatic carbocycles. The maximum absolute atomic E-state index is 12.1. The zero-order valence-corrected chi connectivity index (χ0v) is 11.6. The molecule has 0 fully saturated rings. The van der Waals surface area contributed by atoms with E-state index in [2.05, 4.69) is 9.72 Å². The molecule has 0 unspecified atom stereocenters. The molecule has 4 nitrogen and oxygen atoms in total. The Kier molecular flexibility index (Phi) is 4.77. The van der Waals surface area contributed by atoms with Gasteiger partial charge in [-0.05, 0) is 36.4 Å². The summed E-state index contributed by atoms with van der Waals surface area (Å²) in [6.07, 6.45) is -3.81. The van der Waals surface area contributed by atoms with Crippen molar-refractivity contribution in [1.82, 2.24) is 4.98 Å². The van der Waals surface area contributed by atoms with Crippen molar-refractivity contribution in [2.75, 3.05) is 6.61 Å². The van der Waals surface area contributed by atoms with E-state index in [1.54, 1.807) is 29.5 Å². The standard InChI is InChI=1S/C10H9F3INO3/c1-3-17-9(16)6-4-15-8(5(2)7(6)14)18-10(11,12)13/h4H,3H2,1-2H3. The molecule has 0 amide bonds. The molecule has 0 saturated heterocycles. The van der Waals surface area contributed by atoms with Crippen LogP contribution in [0.2, 0.25) is 0 Å². The number of carbonyl (C=O) groups excluding carboxylic acids is 1. The first-order valence-corrected chi connectivity index (χ1v) is 5.92. The van der Waals surface area contributed by atoms with Gasteiger partial charge in [0, 0.05) is 15.3 Å². The van der Waals surface area contributed by atoms with E-state index in [9.17, 15) is 18.0 Å². The number of ether oxygens (including phenoxy) is 2. The summed E-state index contributed by atoms with van der Waals surface area (Å²) in [4.78, 5) is 15.0. The molecule has 8 heteroatoms. The molecule has 1 heterocycles. The van der Waals surface area contributed by atoms with Crippen molar-refractivity contribution in [2.45, 2.75) is 20.2 Å². The first kappa shape index (κ1) is 15.0. The number of halogens is 4. The molecule has 0 radical (unpaired) electrons. The molecule has 0 aliphatic heterocycles. The molecular weight excluding hydrogens is 366 g/mol. The van der Waals surface area contributed by atoms with Crippen LogP contribution in [0.15, 0.2) is 6.20 Å². The summed E-state index contributed by atoms with van der Waals surface area (Å²) < 4.78 is 45.0. The van der Waals surface area contributed by atoms with Gasteiger partial charge in [0.05, 0.1) is 12.2 Å². The third kappa shape index (κ3) is 3.72. The smallest absolute Gasteiger partial charge is 0.462 e. The molecule has 0 atom stereocenters. The molecule has 0 aromatic carbocycles. The molecule has 1 rings (SSSR count). The molecule has 1 aromatic rings. The Morgan fingerprint density at radius 3 is 2.61 bits per heavy atom. The van der Waals surface area contributed by atoms with Gasteiger partial charge in [-0.15, -0.1) is 13.2 Å². The highest BCUT2D eigenvalue weighted by Gasteiger charge is 2.33. The Bertz CT molecular complexity index is 462. The van der Waals surface area contributed by atoms with E-state index in [1.807, 2.05) is 0 Å². The first-order valence-electron chi connectivity index (χ1n) is 4.84. The van der Waals surface area contributed by atoms with Gasteiger partial charge in [0.25, 0.3) is 0 Å². The van der Waals surface area contributed by atoms with Crippen molar-refractivity contribution < 1.29 is 27.4 Å². The minimum atomic E-state index is -4.81. The number of rotatable bonds is 3. The molecule has 0 N–H and O–H groups in total. The van der Waals surface area contributed by atoms with E-state index in [0.717, 1.165) is 6.20 Å². The van der Waals surface area contributed by atoms with E-state index in [1.165, 1.54) is 6.92 Å². The topological polar surface area (TPSA) is 48.4 Å². The number of pyridine rings is 1. The van der Waals surface area contributed by atoms with Crippen LogP contribution in [0.3, 0.4) is 0 Å². The minimum absolute atomic E-state index is 0.115. The second-order valence-electron chi connectivity index (χ2n) is 3.18. The Hall–Kier alpha value is -1.06. The number of hydrogen-bond donors (Lipinski definition) is 0. The maximum Gasteiger partial charge on any atom is 0.574 e. The average molecular weight is 375 g/mol. The van der Waals surface area contributed by atoms with E-state index < -0.39 is 18.2 Å². The van der Waals surface area contributed by atoms with Gasteiger partial charge in [-0.3, -0.25) is 0 Å². The van der Waals surface area contributed by atoms with Crippen LogP contribution in [0, 0.1) is 10.5 Å². The van der Waals surface area contributed by atoms with E-state index in [-0.39, 0.29) is 17.7 Å². The second-order valence-corrected chi connectivity index (χ2v) is 4.26. The van der Waals surface area contributed by atoms with Crippen LogP contribution in [-0.2, 0) is 4.74 Å². The fraction of sp³-hybridized carbons (Fsp3) is 0.400. The van der Waals surface area contributed by atoms with Crippen molar-refractivity contribution in [3.63, 3.8) is 0 Å². The van der Waals surface area contributed by atoms with Gasteiger partial charge in [-0.25, -0.2) is 9.78 Å². The summed E-state index contributed by atoms with van der Waals surface area (Å²) in [7, 11) is 0. The molecule has 0 spiro atoms. The fourth-order valence-electron chi connectivity index (χ4n) is 1.14. The number of hydrogen-bond acceptors (Lipinski definition) is 4. The minimum Gasteiger partial charge on any atom is -0.462 e. The van der Waals surface area contributed by atoms with Crippen LogP contribution < -0.4 is 4.74 Å². The zero-order valence-electron chi connectivity index (χ0n) is 9.47. The Morgan fingerprint density at radius 2 is 2.11 bits per heavy atom. The third-order valence-electron chi connectivity index (χ3n) is 1.91. The van der Waals surface area contributed by atoms with E-state index >= 15 is 0 Å². The van der Waals surface area contributed by atoms with E-state index in [4.69, 9.17) is 4.74 Å². The number of carbonyl (C=O) groups is 1. The lowest BCUT2D eigenvalue weighted by Gasteiger charge is -2.12. The van der Waals surface area contributed by atoms with Crippen molar-refractivity contribution in [3.8, 4) is 5.88 Å². The molecule has 0 saturated carbocycles. The highest BCUT2D eigenvalue weighted by atomic mass is 127. The number of aromatic nitrogens is 1. The van der Waals surface area contributed by atoms with Gasteiger partial charge < -0.3 is 9.47 Å². The average Bonchev–Trinajstić information content (AvgIpc) is 2.23. The Balaban J connectivity index is 3.09. The quantitative estimate of drug-likeness (QED) is 0.602. The highest BCUT2D eigenvalue weighted by Crippen LogP contribution is 2.28. The number of esters is 1. The third-order valence-corrected chi connectivity index (χ3v) is 3.30. The lowest BCUT2D eigenvalue weighted by molar-refractivity contribution is -0.276.